The zero-order valence-electron chi connectivity index (χ0n) is 23.8. The average molecular weight is 576 g/mol. The second kappa shape index (κ2) is 9.09. The van der Waals surface area contributed by atoms with Crippen molar-refractivity contribution in [3.8, 4) is 27.9 Å². The molecule has 204 valence electrons. The lowest BCUT2D eigenvalue weighted by Gasteiger charge is -2.21. The van der Waals surface area contributed by atoms with E-state index < -0.39 is 0 Å². The number of benzene rings is 8. The number of nitrogens with zero attached hydrogens (tertiary/aromatic N) is 1. The molecule has 0 bridgehead atoms. The quantitative estimate of drug-likeness (QED) is 0.198. The van der Waals surface area contributed by atoms with Crippen LogP contribution in [0.2, 0.25) is 0 Å². The van der Waals surface area contributed by atoms with Crippen LogP contribution in [0.25, 0.3) is 82.1 Å². The topological polar surface area (TPSA) is 4.93 Å². The summed E-state index contributed by atoms with van der Waals surface area (Å²) in [5.74, 6) is 0. The van der Waals surface area contributed by atoms with Gasteiger partial charge in [0.25, 0.3) is 0 Å². The smallest absolute Gasteiger partial charge is 0.0620 e. The predicted molar refractivity (Wildman–Crippen MR) is 188 cm³/mol. The van der Waals surface area contributed by atoms with E-state index in [1.54, 1.807) is 0 Å². The van der Waals surface area contributed by atoms with Crippen molar-refractivity contribution in [3.05, 3.63) is 152 Å². The Morgan fingerprint density at radius 2 is 1.09 bits per heavy atom. The number of rotatable bonds is 2. The first kappa shape index (κ1) is 24.2. The van der Waals surface area contributed by atoms with Crippen LogP contribution in [0.1, 0.15) is 0 Å². The summed E-state index contributed by atoms with van der Waals surface area (Å²) in [6, 6.07) is 56.0. The zero-order valence-corrected chi connectivity index (χ0v) is 24.6. The molecule has 0 atom stereocenters. The molecule has 1 aromatic heterocycles. The minimum Gasteiger partial charge on any atom is -0.308 e. The van der Waals surface area contributed by atoms with E-state index in [2.05, 4.69) is 156 Å². The molecule has 9 aromatic rings. The SMILES string of the molecule is c1ccc(-n2c3c4ccccc4ccc3c3cc(-c4ccc5c(c4)-c4cccc6cccc(c46)S5)c4ccccc4c32)cc1. The Labute approximate surface area is 259 Å². The average Bonchev–Trinajstić information content (AvgIpc) is 3.43. The molecule has 0 spiro atoms. The van der Waals surface area contributed by atoms with Gasteiger partial charge in [0.05, 0.1) is 11.0 Å². The van der Waals surface area contributed by atoms with Crippen molar-refractivity contribution in [1.29, 1.82) is 0 Å². The van der Waals surface area contributed by atoms with Crippen molar-refractivity contribution in [2.45, 2.75) is 9.79 Å². The fraction of sp³-hybridized carbons (Fsp3) is 0. The van der Waals surface area contributed by atoms with Crippen LogP contribution in [0.15, 0.2) is 161 Å². The molecule has 0 fully saturated rings. The Morgan fingerprint density at radius 1 is 0.386 bits per heavy atom. The van der Waals surface area contributed by atoms with Crippen LogP contribution in [0.4, 0.5) is 0 Å². The highest BCUT2D eigenvalue weighted by Gasteiger charge is 2.22. The largest absolute Gasteiger partial charge is 0.308 e. The van der Waals surface area contributed by atoms with Crippen LogP contribution in [-0.4, -0.2) is 4.57 Å². The summed E-state index contributed by atoms with van der Waals surface area (Å²) in [7, 11) is 0. The number of hydrogen-bond acceptors (Lipinski definition) is 1. The van der Waals surface area contributed by atoms with Crippen LogP contribution >= 0.6 is 11.8 Å². The fourth-order valence-corrected chi connectivity index (χ4v) is 8.57. The third-order valence-electron chi connectivity index (χ3n) is 9.34. The number of hydrogen-bond donors (Lipinski definition) is 0. The van der Waals surface area contributed by atoms with Gasteiger partial charge in [-0.3, -0.25) is 0 Å². The van der Waals surface area contributed by atoms with Crippen LogP contribution < -0.4 is 0 Å². The van der Waals surface area contributed by atoms with Gasteiger partial charge in [0.2, 0.25) is 0 Å². The minimum absolute atomic E-state index is 1.18. The highest BCUT2D eigenvalue weighted by molar-refractivity contribution is 7.99. The molecule has 10 rings (SSSR count). The van der Waals surface area contributed by atoms with Gasteiger partial charge in [0.15, 0.2) is 0 Å². The molecule has 2 heteroatoms. The molecule has 0 saturated heterocycles. The van der Waals surface area contributed by atoms with Gasteiger partial charge < -0.3 is 4.57 Å². The molecule has 2 heterocycles. The highest BCUT2D eigenvalue weighted by Crippen LogP contribution is 2.50. The number of para-hydroxylation sites is 1. The van der Waals surface area contributed by atoms with Gasteiger partial charge in [-0.25, -0.2) is 0 Å². The number of aromatic nitrogens is 1. The summed E-state index contributed by atoms with van der Waals surface area (Å²) < 4.78 is 2.49. The van der Waals surface area contributed by atoms with Gasteiger partial charge in [-0.05, 0) is 74.8 Å². The summed E-state index contributed by atoms with van der Waals surface area (Å²) in [4.78, 5) is 2.66. The van der Waals surface area contributed by atoms with Crippen molar-refractivity contribution in [2.75, 3.05) is 0 Å². The van der Waals surface area contributed by atoms with Crippen LogP contribution in [0, 0.1) is 0 Å². The van der Waals surface area contributed by atoms with Gasteiger partial charge >= 0.3 is 0 Å². The monoisotopic (exact) mass is 575 g/mol. The second-order valence-electron chi connectivity index (χ2n) is 11.7. The standard InChI is InChI=1S/C42H25NS/c1-2-13-29(14-3-1)43-41-30-15-5-4-10-26(30)20-22-34(41)37-25-35(31-16-6-7-17-33(31)42(37)43)28-21-23-38-36(24-28)32-18-8-11-27-12-9-19-39(44-38)40(27)32/h1-25H. The minimum atomic E-state index is 1.18. The molecule has 0 unspecified atom stereocenters. The molecule has 0 N–H and O–H groups in total. The third kappa shape index (κ3) is 3.32. The van der Waals surface area contributed by atoms with E-state index in [4.69, 9.17) is 0 Å². The van der Waals surface area contributed by atoms with E-state index in [1.165, 1.54) is 91.9 Å². The Bertz CT molecular complexity index is 2620. The summed E-state index contributed by atoms with van der Waals surface area (Å²) in [6.07, 6.45) is 0. The van der Waals surface area contributed by atoms with Crippen LogP contribution in [-0.2, 0) is 0 Å². The lowest BCUT2D eigenvalue weighted by atomic mass is 9.91. The maximum Gasteiger partial charge on any atom is 0.0620 e. The molecule has 0 radical (unpaired) electrons. The van der Waals surface area contributed by atoms with Gasteiger partial charge in [0, 0.05) is 42.4 Å². The van der Waals surface area contributed by atoms with Gasteiger partial charge in [-0.2, -0.15) is 0 Å². The van der Waals surface area contributed by atoms with Crippen molar-refractivity contribution in [3.63, 3.8) is 0 Å². The predicted octanol–water partition coefficient (Wildman–Crippen LogP) is 12.0. The van der Waals surface area contributed by atoms with Crippen LogP contribution in [0.5, 0.6) is 0 Å². The summed E-state index contributed by atoms with van der Waals surface area (Å²) in [5, 5.41) is 10.3. The van der Waals surface area contributed by atoms with Gasteiger partial charge in [-0.15, -0.1) is 0 Å². The normalized spacial score (nSPS) is 12.5. The van der Waals surface area contributed by atoms with E-state index in [-0.39, 0.29) is 0 Å². The van der Waals surface area contributed by atoms with Crippen molar-refractivity contribution in [2.24, 2.45) is 0 Å². The molecular weight excluding hydrogens is 551 g/mol. The molecule has 0 amide bonds. The third-order valence-corrected chi connectivity index (χ3v) is 10.5. The van der Waals surface area contributed by atoms with Crippen molar-refractivity contribution >= 4 is 65.9 Å². The molecule has 1 aliphatic rings. The maximum atomic E-state index is 2.49. The van der Waals surface area contributed by atoms with E-state index in [0.29, 0.717) is 0 Å². The second-order valence-corrected chi connectivity index (χ2v) is 12.8. The lowest BCUT2D eigenvalue weighted by molar-refractivity contribution is 1.19. The van der Waals surface area contributed by atoms with E-state index in [9.17, 15) is 0 Å². The number of fused-ring (bicyclic) bond motifs is 9. The molecule has 1 nitrogen and oxygen atoms in total. The highest BCUT2D eigenvalue weighted by atomic mass is 32.2. The van der Waals surface area contributed by atoms with E-state index in [1.807, 2.05) is 11.8 Å². The summed E-state index contributed by atoms with van der Waals surface area (Å²) in [6.45, 7) is 0. The first-order valence-corrected chi connectivity index (χ1v) is 15.9. The first-order valence-electron chi connectivity index (χ1n) is 15.1. The summed E-state index contributed by atoms with van der Waals surface area (Å²) in [5.41, 5.74) is 8.86. The molecule has 1 aliphatic heterocycles. The molecule has 8 aromatic carbocycles. The Hall–Kier alpha value is -5.31. The molecule has 0 saturated carbocycles. The van der Waals surface area contributed by atoms with Gasteiger partial charge in [-0.1, -0.05) is 127 Å². The van der Waals surface area contributed by atoms with E-state index >= 15 is 0 Å². The Morgan fingerprint density at radius 3 is 1.98 bits per heavy atom. The van der Waals surface area contributed by atoms with E-state index in [0.717, 1.165) is 0 Å². The summed E-state index contributed by atoms with van der Waals surface area (Å²) >= 11 is 1.89. The molecule has 44 heavy (non-hydrogen) atoms. The zero-order chi connectivity index (χ0) is 28.8. The maximum absolute atomic E-state index is 2.49. The van der Waals surface area contributed by atoms with Gasteiger partial charge in [0.1, 0.15) is 0 Å². The van der Waals surface area contributed by atoms with Crippen LogP contribution in [0.3, 0.4) is 0 Å². The van der Waals surface area contributed by atoms with Crippen molar-refractivity contribution in [1.82, 2.24) is 4.57 Å². The molecular formula is C42H25NS. The van der Waals surface area contributed by atoms with Crippen molar-refractivity contribution < 1.29 is 0 Å². The Balaban J connectivity index is 1.33. The Kier molecular flexibility index (Phi) is 5.00. The molecule has 0 aliphatic carbocycles. The lowest BCUT2D eigenvalue weighted by Crippen LogP contribution is -1.96. The fourth-order valence-electron chi connectivity index (χ4n) is 7.44. The first-order chi connectivity index (χ1) is 21.8.